The molecule has 1 unspecified atom stereocenters. The van der Waals surface area contributed by atoms with Gasteiger partial charge < -0.3 is 9.73 Å². The van der Waals surface area contributed by atoms with Crippen LogP contribution in [-0.2, 0) is 6.42 Å². The molecule has 2 aromatic heterocycles. The van der Waals surface area contributed by atoms with Crippen LogP contribution in [0.1, 0.15) is 28.7 Å². The average molecular weight is 235 g/mol. The third-order valence-corrected chi connectivity index (χ3v) is 3.56. The Balaban J connectivity index is 2.19. The Kier molecular flexibility index (Phi) is 3.46. The summed E-state index contributed by atoms with van der Waals surface area (Å²) in [5, 5.41) is 7.68. The molecule has 1 atom stereocenters. The van der Waals surface area contributed by atoms with Gasteiger partial charge in [-0.1, -0.05) is 0 Å². The summed E-state index contributed by atoms with van der Waals surface area (Å²) in [5.74, 6) is 2.00. The van der Waals surface area contributed by atoms with E-state index in [-0.39, 0.29) is 0 Å². The topological polar surface area (TPSA) is 25.2 Å². The summed E-state index contributed by atoms with van der Waals surface area (Å²) in [6.45, 7) is 4.02. The highest BCUT2D eigenvalue weighted by Gasteiger charge is 2.15. The maximum Gasteiger partial charge on any atom is 0.105 e. The minimum Gasteiger partial charge on any atom is -0.466 e. The summed E-state index contributed by atoms with van der Waals surface area (Å²) < 4.78 is 5.58. The van der Waals surface area contributed by atoms with Crippen molar-refractivity contribution in [1.29, 1.82) is 0 Å². The first-order chi connectivity index (χ1) is 7.70. The van der Waals surface area contributed by atoms with Crippen molar-refractivity contribution in [3.05, 3.63) is 45.5 Å². The Morgan fingerprint density at radius 2 is 2.25 bits per heavy atom. The molecule has 0 fully saturated rings. The van der Waals surface area contributed by atoms with Crippen LogP contribution >= 0.6 is 11.3 Å². The van der Waals surface area contributed by atoms with Gasteiger partial charge in [0.05, 0.1) is 0 Å². The molecule has 2 aromatic rings. The van der Waals surface area contributed by atoms with Gasteiger partial charge in [0.2, 0.25) is 0 Å². The van der Waals surface area contributed by atoms with Gasteiger partial charge in [-0.15, -0.1) is 0 Å². The highest BCUT2D eigenvalue weighted by atomic mass is 32.1. The molecule has 3 heteroatoms. The van der Waals surface area contributed by atoms with E-state index >= 15 is 0 Å². The van der Waals surface area contributed by atoms with Gasteiger partial charge in [0.25, 0.3) is 0 Å². The zero-order valence-electron chi connectivity index (χ0n) is 9.91. The Labute approximate surface area is 100 Å². The minimum atomic E-state index is 0.340. The summed E-state index contributed by atoms with van der Waals surface area (Å²) in [4.78, 5) is 0. The van der Waals surface area contributed by atoms with Crippen molar-refractivity contribution in [3.63, 3.8) is 0 Å². The number of rotatable bonds is 4. The van der Waals surface area contributed by atoms with Crippen molar-refractivity contribution in [2.75, 3.05) is 7.05 Å². The average Bonchev–Trinajstić information content (AvgIpc) is 2.85. The fourth-order valence-electron chi connectivity index (χ4n) is 2.01. The molecule has 0 bridgehead atoms. The van der Waals surface area contributed by atoms with Crippen molar-refractivity contribution in [3.8, 4) is 0 Å². The Morgan fingerprint density at radius 1 is 1.44 bits per heavy atom. The lowest BCUT2D eigenvalue weighted by atomic mass is 10.0. The monoisotopic (exact) mass is 235 g/mol. The van der Waals surface area contributed by atoms with E-state index in [0.29, 0.717) is 6.04 Å². The molecule has 0 aliphatic carbocycles. The normalized spacial score (nSPS) is 12.9. The molecular formula is C13H17NOS. The number of thiophene rings is 1. The molecule has 0 aliphatic rings. The number of likely N-dealkylation sites (N-methyl/N-ethyl adjacent to an activating group) is 1. The molecule has 0 radical (unpaired) electrons. The van der Waals surface area contributed by atoms with Gasteiger partial charge in [0.1, 0.15) is 11.5 Å². The van der Waals surface area contributed by atoms with Crippen LogP contribution in [0.4, 0.5) is 0 Å². The van der Waals surface area contributed by atoms with Gasteiger partial charge in [-0.3, -0.25) is 0 Å². The summed E-state index contributed by atoms with van der Waals surface area (Å²) in [7, 11) is 2.00. The highest BCUT2D eigenvalue weighted by Crippen LogP contribution is 2.25. The predicted molar refractivity (Wildman–Crippen MR) is 68.0 cm³/mol. The van der Waals surface area contributed by atoms with E-state index in [0.717, 1.165) is 17.9 Å². The standard InChI is InChI=1S/C13H17NOS/c1-9-6-12(10(2)15-9)13(14-3)7-11-4-5-16-8-11/h4-6,8,13-14H,7H2,1-3H3. The molecule has 1 N–H and O–H groups in total. The predicted octanol–water partition coefficient (Wildman–Crippen LogP) is 3.46. The van der Waals surface area contributed by atoms with Crippen molar-refractivity contribution in [2.24, 2.45) is 0 Å². The van der Waals surface area contributed by atoms with Crippen molar-refractivity contribution in [1.82, 2.24) is 5.32 Å². The lowest BCUT2D eigenvalue weighted by Crippen LogP contribution is -2.18. The summed E-state index contributed by atoms with van der Waals surface area (Å²) in [6.07, 6.45) is 1.01. The van der Waals surface area contributed by atoms with Crippen molar-refractivity contribution in [2.45, 2.75) is 26.3 Å². The van der Waals surface area contributed by atoms with Gasteiger partial charge >= 0.3 is 0 Å². The van der Waals surface area contributed by atoms with Gasteiger partial charge in [-0.25, -0.2) is 0 Å². The number of aryl methyl sites for hydroxylation is 2. The SMILES string of the molecule is CNC(Cc1ccsc1)c1cc(C)oc1C. The number of nitrogens with one attached hydrogen (secondary N) is 1. The minimum absolute atomic E-state index is 0.340. The molecule has 0 saturated heterocycles. The zero-order chi connectivity index (χ0) is 11.5. The number of hydrogen-bond acceptors (Lipinski definition) is 3. The van der Waals surface area contributed by atoms with Gasteiger partial charge in [-0.05, 0) is 55.8 Å². The van der Waals surface area contributed by atoms with E-state index in [1.165, 1.54) is 11.1 Å². The molecule has 16 heavy (non-hydrogen) atoms. The largest absolute Gasteiger partial charge is 0.466 e. The van der Waals surface area contributed by atoms with Crippen LogP contribution in [0, 0.1) is 13.8 Å². The number of furan rings is 1. The Bertz CT molecular complexity index is 444. The Hall–Kier alpha value is -1.06. The van der Waals surface area contributed by atoms with Crippen molar-refractivity contribution >= 4 is 11.3 Å². The second-order valence-corrected chi connectivity index (χ2v) is 4.83. The lowest BCUT2D eigenvalue weighted by Gasteiger charge is -2.14. The van der Waals surface area contributed by atoms with Crippen LogP contribution in [0.3, 0.4) is 0 Å². The molecular weight excluding hydrogens is 218 g/mol. The van der Waals surface area contributed by atoms with Crippen LogP contribution in [0.5, 0.6) is 0 Å². The molecule has 0 spiro atoms. The molecule has 2 heterocycles. The van der Waals surface area contributed by atoms with Gasteiger partial charge in [0.15, 0.2) is 0 Å². The molecule has 2 nitrogen and oxygen atoms in total. The third-order valence-electron chi connectivity index (χ3n) is 2.82. The van der Waals surface area contributed by atoms with Gasteiger partial charge in [-0.2, -0.15) is 11.3 Å². The van der Waals surface area contributed by atoms with Crippen LogP contribution in [-0.4, -0.2) is 7.05 Å². The molecule has 86 valence electrons. The van der Waals surface area contributed by atoms with Crippen LogP contribution in [0.15, 0.2) is 27.3 Å². The first kappa shape index (κ1) is 11.4. The smallest absolute Gasteiger partial charge is 0.105 e. The summed E-state index contributed by atoms with van der Waals surface area (Å²) in [6, 6.07) is 4.65. The fraction of sp³-hybridized carbons (Fsp3) is 0.385. The van der Waals surface area contributed by atoms with E-state index in [4.69, 9.17) is 4.42 Å². The molecule has 0 saturated carbocycles. The second kappa shape index (κ2) is 4.85. The molecule has 2 rings (SSSR count). The van der Waals surface area contributed by atoms with Gasteiger partial charge in [0, 0.05) is 11.6 Å². The Morgan fingerprint density at radius 3 is 2.75 bits per heavy atom. The number of hydrogen-bond donors (Lipinski definition) is 1. The van der Waals surface area contributed by atoms with E-state index in [9.17, 15) is 0 Å². The first-order valence-corrected chi connectivity index (χ1v) is 6.40. The lowest BCUT2D eigenvalue weighted by molar-refractivity contribution is 0.490. The molecule has 0 aromatic carbocycles. The van der Waals surface area contributed by atoms with E-state index in [1.54, 1.807) is 11.3 Å². The maximum absolute atomic E-state index is 5.58. The molecule has 0 amide bonds. The van der Waals surface area contributed by atoms with Crippen LogP contribution in [0.25, 0.3) is 0 Å². The second-order valence-electron chi connectivity index (χ2n) is 4.05. The highest BCUT2D eigenvalue weighted by molar-refractivity contribution is 7.07. The first-order valence-electron chi connectivity index (χ1n) is 5.46. The maximum atomic E-state index is 5.58. The zero-order valence-corrected chi connectivity index (χ0v) is 10.7. The molecule has 0 aliphatic heterocycles. The van der Waals surface area contributed by atoms with E-state index in [2.05, 4.69) is 28.2 Å². The quantitative estimate of drug-likeness (QED) is 0.878. The van der Waals surface area contributed by atoms with Crippen molar-refractivity contribution < 1.29 is 4.42 Å². The third kappa shape index (κ3) is 2.36. The van der Waals surface area contributed by atoms with E-state index < -0.39 is 0 Å². The van der Waals surface area contributed by atoms with Crippen LogP contribution in [0.2, 0.25) is 0 Å². The van der Waals surface area contributed by atoms with Crippen LogP contribution < -0.4 is 5.32 Å². The van der Waals surface area contributed by atoms with E-state index in [1.807, 2.05) is 20.9 Å². The summed E-state index contributed by atoms with van der Waals surface area (Å²) >= 11 is 1.75. The fourth-order valence-corrected chi connectivity index (χ4v) is 2.69. The summed E-state index contributed by atoms with van der Waals surface area (Å²) in [5.41, 5.74) is 2.65.